The molecule has 2 heterocycles. The van der Waals surface area contributed by atoms with Gasteiger partial charge in [-0.05, 0) is 23.8 Å². The zero-order valence-electron chi connectivity index (χ0n) is 9.02. The van der Waals surface area contributed by atoms with Gasteiger partial charge in [-0.25, -0.2) is 0 Å². The molecule has 2 N–H and O–H groups in total. The lowest BCUT2D eigenvalue weighted by Crippen LogP contribution is -2.52. The first-order valence-electron chi connectivity index (χ1n) is 5.47. The highest BCUT2D eigenvalue weighted by Gasteiger charge is 2.38. The van der Waals surface area contributed by atoms with Crippen LogP contribution in [-0.2, 0) is 10.2 Å². The van der Waals surface area contributed by atoms with Crippen molar-refractivity contribution in [3.8, 4) is 0 Å². The molecule has 3 nitrogen and oxygen atoms in total. The summed E-state index contributed by atoms with van der Waals surface area (Å²) in [7, 11) is 0. The maximum absolute atomic E-state index is 5.85. The summed E-state index contributed by atoms with van der Waals surface area (Å²) in [6.45, 7) is 2.10. The van der Waals surface area contributed by atoms with Crippen LogP contribution in [0.25, 0.3) is 10.9 Å². The molecule has 1 aliphatic heterocycles. The van der Waals surface area contributed by atoms with Gasteiger partial charge in [0.25, 0.3) is 0 Å². The molecule has 0 spiro atoms. The summed E-state index contributed by atoms with van der Waals surface area (Å²) in [5.41, 5.74) is 8.17. The second-order valence-corrected chi connectivity index (χ2v) is 4.39. The van der Waals surface area contributed by atoms with Crippen molar-refractivity contribution in [3.63, 3.8) is 0 Å². The number of hydrogen-bond donors (Lipinski definition) is 1. The van der Waals surface area contributed by atoms with E-state index in [4.69, 9.17) is 10.5 Å². The number of benzene rings is 1. The summed E-state index contributed by atoms with van der Waals surface area (Å²) in [5, 5.41) is 1.17. The van der Waals surface area contributed by atoms with Crippen LogP contribution in [0.1, 0.15) is 5.56 Å². The van der Waals surface area contributed by atoms with Gasteiger partial charge in [-0.2, -0.15) is 0 Å². The number of fused-ring (bicyclic) bond motifs is 1. The number of hydrogen-bond acceptors (Lipinski definition) is 3. The van der Waals surface area contributed by atoms with E-state index in [9.17, 15) is 0 Å². The van der Waals surface area contributed by atoms with Crippen LogP contribution in [0.4, 0.5) is 0 Å². The molecule has 16 heavy (non-hydrogen) atoms. The Kier molecular flexibility index (Phi) is 2.16. The summed E-state index contributed by atoms with van der Waals surface area (Å²) >= 11 is 0. The lowest BCUT2D eigenvalue weighted by molar-refractivity contribution is -0.0549. The van der Waals surface area contributed by atoms with Gasteiger partial charge in [0.1, 0.15) is 0 Å². The fourth-order valence-corrected chi connectivity index (χ4v) is 2.16. The van der Waals surface area contributed by atoms with E-state index in [1.54, 1.807) is 0 Å². The van der Waals surface area contributed by atoms with Crippen molar-refractivity contribution < 1.29 is 4.74 Å². The topological polar surface area (TPSA) is 48.1 Å². The molecule has 0 aliphatic carbocycles. The van der Waals surface area contributed by atoms with Gasteiger partial charge in [0.05, 0.1) is 24.1 Å². The van der Waals surface area contributed by atoms with E-state index in [0.29, 0.717) is 6.54 Å². The molecular weight excluding hydrogens is 200 g/mol. The van der Waals surface area contributed by atoms with Gasteiger partial charge >= 0.3 is 0 Å². The van der Waals surface area contributed by atoms with Crippen molar-refractivity contribution >= 4 is 10.9 Å². The second-order valence-electron chi connectivity index (χ2n) is 4.39. The summed E-state index contributed by atoms with van der Waals surface area (Å²) in [5.74, 6) is 0. The number of nitrogens with zero attached hydrogens (tertiary/aromatic N) is 1. The van der Waals surface area contributed by atoms with Gasteiger partial charge in [-0.15, -0.1) is 0 Å². The maximum atomic E-state index is 5.85. The molecule has 1 fully saturated rings. The molecule has 1 aliphatic rings. The minimum Gasteiger partial charge on any atom is -0.379 e. The van der Waals surface area contributed by atoms with Crippen molar-refractivity contribution in [2.24, 2.45) is 5.73 Å². The van der Waals surface area contributed by atoms with E-state index >= 15 is 0 Å². The molecule has 0 saturated carbocycles. The van der Waals surface area contributed by atoms with Crippen molar-refractivity contribution in [2.75, 3.05) is 19.8 Å². The van der Waals surface area contributed by atoms with Crippen LogP contribution in [0.15, 0.2) is 36.5 Å². The Hall–Kier alpha value is -1.45. The van der Waals surface area contributed by atoms with Crippen LogP contribution in [0.5, 0.6) is 0 Å². The molecule has 0 radical (unpaired) electrons. The number of rotatable bonds is 2. The highest BCUT2D eigenvalue weighted by molar-refractivity contribution is 5.79. The number of pyridine rings is 1. The quantitative estimate of drug-likeness (QED) is 0.823. The van der Waals surface area contributed by atoms with Gasteiger partial charge in [-0.3, -0.25) is 4.98 Å². The van der Waals surface area contributed by atoms with Crippen LogP contribution in [0, 0.1) is 0 Å². The fourth-order valence-electron chi connectivity index (χ4n) is 2.16. The Labute approximate surface area is 94.2 Å². The molecule has 0 atom stereocenters. The van der Waals surface area contributed by atoms with E-state index in [1.807, 2.05) is 12.3 Å². The first-order chi connectivity index (χ1) is 7.84. The second kappa shape index (κ2) is 3.54. The van der Waals surface area contributed by atoms with E-state index in [2.05, 4.69) is 29.2 Å². The molecule has 3 heteroatoms. The smallest absolute Gasteiger partial charge is 0.0702 e. The lowest BCUT2D eigenvalue weighted by atomic mass is 9.78. The van der Waals surface area contributed by atoms with Gasteiger partial charge in [0.2, 0.25) is 0 Å². The van der Waals surface area contributed by atoms with Crippen LogP contribution in [0.2, 0.25) is 0 Å². The van der Waals surface area contributed by atoms with Crippen LogP contribution in [0.3, 0.4) is 0 Å². The minimum atomic E-state index is 0.0318. The third-order valence-corrected chi connectivity index (χ3v) is 3.36. The van der Waals surface area contributed by atoms with Gasteiger partial charge in [-0.1, -0.05) is 12.1 Å². The standard InChI is InChI=1S/C13H14N2O/c14-7-13(8-16-9-13)11-3-4-12-10(6-11)2-1-5-15-12/h1-6H,7-9,14H2. The van der Waals surface area contributed by atoms with Crippen molar-refractivity contribution in [1.82, 2.24) is 4.98 Å². The molecule has 1 saturated heterocycles. The molecular formula is C13H14N2O. The molecule has 1 aromatic carbocycles. The predicted molar refractivity (Wildman–Crippen MR) is 63.3 cm³/mol. The highest BCUT2D eigenvalue weighted by atomic mass is 16.5. The third-order valence-electron chi connectivity index (χ3n) is 3.36. The van der Waals surface area contributed by atoms with E-state index < -0.39 is 0 Å². The largest absolute Gasteiger partial charge is 0.379 e. The number of nitrogens with two attached hydrogens (primary N) is 1. The molecule has 82 valence electrons. The molecule has 3 rings (SSSR count). The normalized spacial score (nSPS) is 18.3. The average molecular weight is 214 g/mol. The number of ether oxygens (including phenoxy) is 1. The Morgan fingerprint density at radius 3 is 2.88 bits per heavy atom. The number of aromatic nitrogens is 1. The monoisotopic (exact) mass is 214 g/mol. The first kappa shape index (κ1) is 9.75. The molecule has 0 amide bonds. The highest BCUT2D eigenvalue weighted by Crippen LogP contribution is 2.32. The lowest BCUT2D eigenvalue weighted by Gasteiger charge is -2.41. The van der Waals surface area contributed by atoms with Gasteiger partial charge in [0.15, 0.2) is 0 Å². The summed E-state index contributed by atoms with van der Waals surface area (Å²) in [4.78, 5) is 4.31. The zero-order valence-corrected chi connectivity index (χ0v) is 9.02. The first-order valence-corrected chi connectivity index (χ1v) is 5.47. The van der Waals surface area contributed by atoms with E-state index in [-0.39, 0.29) is 5.41 Å². The summed E-state index contributed by atoms with van der Waals surface area (Å²) in [6, 6.07) is 10.4. The molecule has 0 unspecified atom stereocenters. The van der Waals surface area contributed by atoms with Crippen molar-refractivity contribution in [3.05, 3.63) is 42.1 Å². The van der Waals surface area contributed by atoms with Crippen LogP contribution >= 0.6 is 0 Å². The predicted octanol–water partition coefficient (Wildman–Crippen LogP) is 1.46. The van der Waals surface area contributed by atoms with Crippen LogP contribution < -0.4 is 5.73 Å². The van der Waals surface area contributed by atoms with E-state index in [1.165, 1.54) is 10.9 Å². The zero-order chi connectivity index (χ0) is 11.0. The third kappa shape index (κ3) is 1.32. The molecule has 2 aromatic rings. The van der Waals surface area contributed by atoms with Crippen molar-refractivity contribution in [1.29, 1.82) is 0 Å². The average Bonchev–Trinajstić information content (AvgIpc) is 2.28. The SMILES string of the molecule is NCC1(c2ccc3ncccc3c2)COC1. The Morgan fingerprint density at radius 2 is 2.19 bits per heavy atom. The minimum absolute atomic E-state index is 0.0318. The maximum Gasteiger partial charge on any atom is 0.0702 e. The van der Waals surface area contributed by atoms with Crippen molar-refractivity contribution in [2.45, 2.75) is 5.41 Å². The van der Waals surface area contributed by atoms with Gasteiger partial charge in [0, 0.05) is 18.1 Å². The fraction of sp³-hybridized carbons (Fsp3) is 0.308. The summed E-state index contributed by atoms with van der Waals surface area (Å²) in [6.07, 6.45) is 1.81. The van der Waals surface area contributed by atoms with E-state index in [0.717, 1.165) is 18.7 Å². The Balaban J connectivity index is 2.11. The Morgan fingerprint density at radius 1 is 1.31 bits per heavy atom. The Bertz CT molecular complexity index is 515. The van der Waals surface area contributed by atoms with Gasteiger partial charge < -0.3 is 10.5 Å². The summed E-state index contributed by atoms with van der Waals surface area (Å²) < 4.78 is 5.30. The molecule has 0 bridgehead atoms. The van der Waals surface area contributed by atoms with Crippen LogP contribution in [-0.4, -0.2) is 24.7 Å². The molecule has 1 aromatic heterocycles.